The Labute approximate surface area is 183 Å². The van der Waals surface area contributed by atoms with Gasteiger partial charge in [-0.25, -0.2) is 9.36 Å². The Kier molecular flexibility index (Phi) is 5.14. The van der Waals surface area contributed by atoms with Crippen LogP contribution in [0.3, 0.4) is 0 Å². The number of nitrogens with zero attached hydrogens (tertiary/aromatic N) is 2. The van der Waals surface area contributed by atoms with Gasteiger partial charge in [0, 0.05) is 30.1 Å². The van der Waals surface area contributed by atoms with E-state index in [1.165, 1.54) is 0 Å². The molecule has 3 heterocycles. The number of aliphatic hydroxyl groups excluding tert-OH is 1. The molecule has 0 unspecified atom stereocenters. The van der Waals surface area contributed by atoms with E-state index in [-0.39, 0.29) is 25.0 Å². The number of fused-ring (bicyclic) bond motifs is 2. The number of amides is 1. The number of aromatic nitrogens is 3. The molecule has 2 atom stereocenters. The van der Waals surface area contributed by atoms with Crippen LogP contribution in [0, 0.1) is 0 Å². The van der Waals surface area contributed by atoms with Crippen molar-refractivity contribution in [1.29, 1.82) is 0 Å². The smallest absolute Gasteiger partial charge is 0.329 e. The van der Waals surface area contributed by atoms with Crippen LogP contribution < -0.4 is 11.2 Å². The van der Waals surface area contributed by atoms with E-state index >= 15 is 0 Å². The van der Waals surface area contributed by atoms with Crippen molar-refractivity contribution in [2.45, 2.75) is 31.3 Å². The lowest BCUT2D eigenvalue weighted by Crippen LogP contribution is -2.48. The third-order valence-electron chi connectivity index (χ3n) is 6.39. The fourth-order valence-corrected chi connectivity index (χ4v) is 4.76. The van der Waals surface area contributed by atoms with Gasteiger partial charge < -0.3 is 20.0 Å². The van der Waals surface area contributed by atoms with Gasteiger partial charge in [0.1, 0.15) is 6.04 Å². The van der Waals surface area contributed by atoms with E-state index in [0.29, 0.717) is 23.9 Å². The zero-order valence-electron chi connectivity index (χ0n) is 17.5. The number of H-pyrrole nitrogens is 2. The number of likely N-dealkylation sites (tertiary alicyclic amines) is 1. The van der Waals surface area contributed by atoms with Crippen LogP contribution in [0.5, 0.6) is 0 Å². The molecule has 1 saturated heterocycles. The first-order valence-electron chi connectivity index (χ1n) is 10.8. The Bertz CT molecular complexity index is 1420. The topological polar surface area (TPSA) is 111 Å². The van der Waals surface area contributed by atoms with Crippen molar-refractivity contribution >= 4 is 27.7 Å². The van der Waals surface area contributed by atoms with Crippen molar-refractivity contribution in [1.82, 2.24) is 19.4 Å². The molecule has 0 saturated carbocycles. The summed E-state index contributed by atoms with van der Waals surface area (Å²) in [6.07, 6.45) is 3.47. The minimum absolute atomic E-state index is 0.144. The Morgan fingerprint density at radius 2 is 1.78 bits per heavy atom. The molecule has 1 amide bonds. The molecule has 0 spiro atoms. The van der Waals surface area contributed by atoms with Gasteiger partial charge in [0.2, 0.25) is 5.91 Å². The highest BCUT2D eigenvalue weighted by molar-refractivity contribution is 5.86. The lowest BCUT2D eigenvalue weighted by atomic mass is 10.0. The van der Waals surface area contributed by atoms with E-state index in [1.54, 1.807) is 29.2 Å². The highest BCUT2D eigenvalue weighted by atomic mass is 16.3. The zero-order chi connectivity index (χ0) is 22.2. The minimum atomic E-state index is -1.03. The molecular formula is C24H24N4O4. The molecule has 2 aromatic heterocycles. The van der Waals surface area contributed by atoms with Crippen molar-refractivity contribution in [3.63, 3.8) is 0 Å². The average Bonchev–Trinajstić information content (AvgIpc) is 3.45. The Balaban J connectivity index is 1.66. The molecule has 8 nitrogen and oxygen atoms in total. The van der Waals surface area contributed by atoms with Crippen LogP contribution in [-0.4, -0.2) is 49.6 Å². The van der Waals surface area contributed by atoms with Gasteiger partial charge >= 0.3 is 5.69 Å². The number of benzene rings is 2. The van der Waals surface area contributed by atoms with Crippen LogP contribution >= 0.6 is 0 Å². The summed E-state index contributed by atoms with van der Waals surface area (Å²) in [6, 6.07) is 13.2. The highest BCUT2D eigenvalue weighted by Gasteiger charge is 2.35. The fourth-order valence-electron chi connectivity index (χ4n) is 4.76. The lowest BCUT2D eigenvalue weighted by molar-refractivity contribution is -0.136. The molecule has 0 radical (unpaired) electrons. The standard InChI is InChI=1S/C24H24N4O4/c29-14-16-6-5-11-27(16)23(31)21(12-15-13-25-19-9-3-1-7-17(15)19)28-22(30)18-8-2-4-10-20(18)26-24(28)32/h1-4,7-10,13,16,21,25,29H,5-6,11-12,14H2,(H,26,32)/t16-,21+/m0/s1. The second-order valence-corrected chi connectivity index (χ2v) is 8.24. The number of hydrogen-bond acceptors (Lipinski definition) is 4. The summed E-state index contributed by atoms with van der Waals surface area (Å²) < 4.78 is 1.04. The summed E-state index contributed by atoms with van der Waals surface area (Å²) in [7, 11) is 0. The Morgan fingerprint density at radius 3 is 2.56 bits per heavy atom. The maximum atomic E-state index is 13.7. The summed E-state index contributed by atoms with van der Waals surface area (Å²) in [5.41, 5.74) is 1.08. The first-order chi connectivity index (χ1) is 15.6. The molecule has 0 bridgehead atoms. The highest BCUT2D eigenvalue weighted by Crippen LogP contribution is 2.26. The van der Waals surface area contributed by atoms with Crippen molar-refractivity contribution in [3.8, 4) is 0 Å². The van der Waals surface area contributed by atoms with E-state index in [9.17, 15) is 19.5 Å². The van der Waals surface area contributed by atoms with Crippen LogP contribution in [-0.2, 0) is 11.2 Å². The molecule has 32 heavy (non-hydrogen) atoms. The third kappa shape index (κ3) is 3.33. The number of aromatic amines is 2. The van der Waals surface area contributed by atoms with Crippen molar-refractivity contribution in [2.75, 3.05) is 13.2 Å². The third-order valence-corrected chi connectivity index (χ3v) is 6.39. The second kappa shape index (κ2) is 8.12. The molecule has 5 rings (SSSR count). The fraction of sp³-hybridized carbons (Fsp3) is 0.292. The summed E-state index contributed by atoms with van der Waals surface area (Å²) in [6.45, 7) is 0.350. The van der Waals surface area contributed by atoms with Gasteiger partial charge in [0.15, 0.2) is 0 Å². The molecule has 3 N–H and O–H groups in total. The molecule has 8 heteroatoms. The largest absolute Gasteiger partial charge is 0.394 e. The molecule has 1 aliphatic rings. The summed E-state index contributed by atoms with van der Waals surface area (Å²) in [4.78, 5) is 47.7. The van der Waals surface area contributed by atoms with Crippen LogP contribution in [0.25, 0.3) is 21.8 Å². The molecule has 1 fully saturated rings. The van der Waals surface area contributed by atoms with Gasteiger partial charge in [-0.15, -0.1) is 0 Å². The molecule has 164 valence electrons. The van der Waals surface area contributed by atoms with Crippen molar-refractivity contribution in [3.05, 3.63) is 81.1 Å². The van der Waals surface area contributed by atoms with Gasteiger partial charge in [0.05, 0.1) is 23.6 Å². The predicted octanol–water partition coefficient (Wildman–Crippen LogP) is 1.94. The number of nitrogens with one attached hydrogen (secondary N) is 2. The van der Waals surface area contributed by atoms with Gasteiger partial charge in [0.25, 0.3) is 5.56 Å². The summed E-state index contributed by atoms with van der Waals surface area (Å²) >= 11 is 0. The van der Waals surface area contributed by atoms with Crippen LogP contribution in [0.15, 0.2) is 64.3 Å². The number of hydrogen-bond donors (Lipinski definition) is 3. The van der Waals surface area contributed by atoms with E-state index in [2.05, 4.69) is 9.97 Å². The molecule has 1 aliphatic heterocycles. The van der Waals surface area contributed by atoms with Gasteiger partial charge in [-0.3, -0.25) is 9.59 Å². The van der Waals surface area contributed by atoms with E-state index < -0.39 is 17.3 Å². The SMILES string of the molecule is O=C([C@@H](Cc1c[nH]c2ccccc12)n1c(=O)[nH]c2ccccc2c1=O)N1CCC[C@H]1CO. The maximum Gasteiger partial charge on any atom is 0.329 e. The zero-order valence-corrected chi connectivity index (χ0v) is 17.5. The van der Waals surface area contributed by atoms with E-state index in [1.807, 2.05) is 30.5 Å². The summed E-state index contributed by atoms with van der Waals surface area (Å²) in [5.74, 6) is -0.324. The second-order valence-electron chi connectivity index (χ2n) is 8.24. The molecular weight excluding hydrogens is 408 g/mol. The van der Waals surface area contributed by atoms with Crippen molar-refractivity contribution in [2.24, 2.45) is 0 Å². The Hall–Kier alpha value is -3.65. The average molecular weight is 432 g/mol. The van der Waals surface area contributed by atoms with Gasteiger partial charge in [-0.2, -0.15) is 0 Å². The normalized spacial score (nSPS) is 17.3. The molecule has 2 aromatic carbocycles. The number of carbonyl (C=O) groups excluding carboxylic acids is 1. The number of aliphatic hydroxyl groups is 1. The van der Waals surface area contributed by atoms with E-state index in [0.717, 1.165) is 27.5 Å². The number of para-hydroxylation sites is 2. The van der Waals surface area contributed by atoms with Gasteiger partial charge in [-0.05, 0) is 36.6 Å². The predicted molar refractivity (Wildman–Crippen MR) is 122 cm³/mol. The Morgan fingerprint density at radius 1 is 1.06 bits per heavy atom. The van der Waals surface area contributed by atoms with Crippen LogP contribution in [0.2, 0.25) is 0 Å². The van der Waals surface area contributed by atoms with E-state index in [4.69, 9.17) is 0 Å². The van der Waals surface area contributed by atoms with Crippen molar-refractivity contribution < 1.29 is 9.90 Å². The van der Waals surface area contributed by atoms with Crippen LogP contribution in [0.4, 0.5) is 0 Å². The monoisotopic (exact) mass is 432 g/mol. The quantitative estimate of drug-likeness (QED) is 0.447. The number of carbonyl (C=O) groups is 1. The van der Waals surface area contributed by atoms with Crippen LogP contribution in [0.1, 0.15) is 24.4 Å². The number of rotatable bonds is 5. The first kappa shape index (κ1) is 20.3. The lowest BCUT2D eigenvalue weighted by Gasteiger charge is -2.28. The van der Waals surface area contributed by atoms with Gasteiger partial charge in [-0.1, -0.05) is 30.3 Å². The molecule has 4 aromatic rings. The minimum Gasteiger partial charge on any atom is -0.394 e. The maximum absolute atomic E-state index is 13.7. The first-order valence-corrected chi connectivity index (χ1v) is 10.8. The summed E-state index contributed by atoms with van der Waals surface area (Å²) in [5, 5.41) is 11.0. The molecule has 0 aliphatic carbocycles.